The summed E-state index contributed by atoms with van der Waals surface area (Å²) in [5.74, 6) is 0.891. The Morgan fingerprint density at radius 1 is 1.23 bits per heavy atom. The molecule has 1 rings (SSSR count). The van der Waals surface area contributed by atoms with Gasteiger partial charge in [-0.3, -0.25) is 0 Å². The van der Waals surface area contributed by atoms with E-state index in [-0.39, 0.29) is 6.29 Å². The van der Waals surface area contributed by atoms with E-state index in [0.717, 1.165) is 12.5 Å². The molecule has 2 heteroatoms. The predicted octanol–water partition coefficient (Wildman–Crippen LogP) is 2.96. The lowest BCUT2D eigenvalue weighted by molar-refractivity contribution is -0.165. The minimum atomic E-state index is -0.0246. The highest BCUT2D eigenvalue weighted by Gasteiger charge is 2.20. The Hall–Kier alpha value is -0.0800. The molecule has 0 N–H and O–H groups in total. The topological polar surface area (TPSA) is 18.5 Å². The molecule has 0 amide bonds. The zero-order chi connectivity index (χ0) is 9.68. The first-order valence-electron chi connectivity index (χ1n) is 5.49. The standard InChI is InChI=1S/C11H22O2/c1-4-12-10(3)13-11-7-5-9(2)6-8-11/h9-11H,4-8H2,1-3H3. The molecule has 0 heterocycles. The van der Waals surface area contributed by atoms with E-state index in [9.17, 15) is 0 Å². The molecule has 0 saturated heterocycles. The molecule has 1 fully saturated rings. The van der Waals surface area contributed by atoms with Crippen molar-refractivity contribution >= 4 is 0 Å². The smallest absolute Gasteiger partial charge is 0.155 e. The lowest BCUT2D eigenvalue weighted by Crippen LogP contribution is -2.26. The van der Waals surface area contributed by atoms with Gasteiger partial charge < -0.3 is 9.47 Å². The molecule has 0 bridgehead atoms. The van der Waals surface area contributed by atoms with E-state index < -0.39 is 0 Å². The second-order valence-corrected chi connectivity index (χ2v) is 4.04. The molecule has 0 aliphatic heterocycles. The number of hydrogen-bond donors (Lipinski definition) is 0. The highest BCUT2D eigenvalue weighted by atomic mass is 16.7. The van der Waals surface area contributed by atoms with Gasteiger partial charge in [0.2, 0.25) is 0 Å². The molecule has 2 nitrogen and oxygen atoms in total. The second kappa shape index (κ2) is 5.61. The van der Waals surface area contributed by atoms with E-state index in [1.165, 1.54) is 25.7 Å². The lowest BCUT2D eigenvalue weighted by Gasteiger charge is -2.28. The zero-order valence-electron chi connectivity index (χ0n) is 9.08. The Bertz CT molecular complexity index is 128. The Kier molecular flexibility index (Phi) is 4.74. The van der Waals surface area contributed by atoms with Gasteiger partial charge in [-0.05, 0) is 45.4 Å². The van der Waals surface area contributed by atoms with Crippen LogP contribution in [0.3, 0.4) is 0 Å². The predicted molar refractivity (Wildman–Crippen MR) is 53.6 cm³/mol. The summed E-state index contributed by atoms with van der Waals surface area (Å²) in [6.07, 6.45) is 5.45. The lowest BCUT2D eigenvalue weighted by atomic mass is 9.89. The molecule has 0 aromatic heterocycles. The summed E-state index contributed by atoms with van der Waals surface area (Å²) in [7, 11) is 0. The number of rotatable bonds is 4. The van der Waals surface area contributed by atoms with Crippen molar-refractivity contribution in [1.29, 1.82) is 0 Å². The van der Waals surface area contributed by atoms with Crippen molar-refractivity contribution in [2.24, 2.45) is 5.92 Å². The van der Waals surface area contributed by atoms with Crippen molar-refractivity contribution in [3.8, 4) is 0 Å². The van der Waals surface area contributed by atoms with Crippen LogP contribution in [0.4, 0.5) is 0 Å². The third-order valence-corrected chi connectivity index (χ3v) is 2.75. The summed E-state index contributed by atoms with van der Waals surface area (Å²) in [5.41, 5.74) is 0. The maximum Gasteiger partial charge on any atom is 0.155 e. The van der Waals surface area contributed by atoms with Gasteiger partial charge in [0, 0.05) is 6.61 Å². The summed E-state index contributed by atoms with van der Waals surface area (Å²) < 4.78 is 11.1. The van der Waals surface area contributed by atoms with Gasteiger partial charge in [0.25, 0.3) is 0 Å². The first-order chi connectivity index (χ1) is 6.22. The molecule has 0 spiro atoms. The molecule has 1 aliphatic rings. The van der Waals surface area contributed by atoms with E-state index >= 15 is 0 Å². The van der Waals surface area contributed by atoms with E-state index in [1.54, 1.807) is 0 Å². The van der Waals surface area contributed by atoms with Crippen LogP contribution in [0.15, 0.2) is 0 Å². The number of hydrogen-bond acceptors (Lipinski definition) is 2. The Labute approximate surface area is 81.6 Å². The molecule has 1 atom stereocenters. The van der Waals surface area contributed by atoms with E-state index in [2.05, 4.69) is 6.92 Å². The molecule has 13 heavy (non-hydrogen) atoms. The fourth-order valence-electron chi connectivity index (χ4n) is 1.91. The summed E-state index contributed by atoms with van der Waals surface area (Å²) >= 11 is 0. The van der Waals surface area contributed by atoms with Crippen LogP contribution in [0.2, 0.25) is 0 Å². The molecular formula is C11H22O2. The van der Waals surface area contributed by atoms with Gasteiger partial charge in [0.1, 0.15) is 0 Å². The maximum atomic E-state index is 5.76. The van der Waals surface area contributed by atoms with Gasteiger partial charge >= 0.3 is 0 Å². The van der Waals surface area contributed by atoms with Crippen molar-refractivity contribution in [1.82, 2.24) is 0 Å². The van der Waals surface area contributed by atoms with Crippen molar-refractivity contribution in [2.45, 2.75) is 58.8 Å². The molecule has 1 saturated carbocycles. The summed E-state index contributed by atoms with van der Waals surface area (Å²) in [6, 6.07) is 0. The van der Waals surface area contributed by atoms with Gasteiger partial charge in [0.15, 0.2) is 6.29 Å². The monoisotopic (exact) mass is 186 g/mol. The highest BCUT2D eigenvalue weighted by molar-refractivity contribution is 4.69. The zero-order valence-corrected chi connectivity index (χ0v) is 9.08. The van der Waals surface area contributed by atoms with Crippen LogP contribution in [-0.4, -0.2) is 19.0 Å². The average Bonchev–Trinajstić information content (AvgIpc) is 2.09. The van der Waals surface area contributed by atoms with E-state index in [1.807, 2.05) is 13.8 Å². The van der Waals surface area contributed by atoms with Gasteiger partial charge in [0.05, 0.1) is 6.10 Å². The van der Waals surface area contributed by atoms with Gasteiger partial charge in [-0.2, -0.15) is 0 Å². The van der Waals surface area contributed by atoms with Crippen LogP contribution in [-0.2, 0) is 9.47 Å². The van der Waals surface area contributed by atoms with E-state index in [0.29, 0.717) is 6.10 Å². The fraction of sp³-hybridized carbons (Fsp3) is 1.00. The van der Waals surface area contributed by atoms with Gasteiger partial charge in [-0.25, -0.2) is 0 Å². The van der Waals surface area contributed by atoms with Crippen molar-refractivity contribution in [3.63, 3.8) is 0 Å². The molecule has 0 aromatic carbocycles. The molecule has 0 radical (unpaired) electrons. The largest absolute Gasteiger partial charge is 0.353 e. The molecule has 0 aromatic rings. The van der Waals surface area contributed by atoms with Crippen molar-refractivity contribution in [3.05, 3.63) is 0 Å². The SMILES string of the molecule is CCOC(C)OC1CCC(C)CC1. The molecule has 78 valence electrons. The summed E-state index contributed by atoms with van der Waals surface area (Å²) in [5, 5.41) is 0. The van der Waals surface area contributed by atoms with Crippen molar-refractivity contribution < 1.29 is 9.47 Å². The molecular weight excluding hydrogens is 164 g/mol. The summed E-state index contributed by atoms with van der Waals surface area (Å²) in [4.78, 5) is 0. The van der Waals surface area contributed by atoms with Gasteiger partial charge in [-0.1, -0.05) is 6.92 Å². The third kappa shape index (κ3) is 4.10. The normalized spacial score (nSPS) is 31.6. The first kappa shape index (κ1) is 11.0. The highest BCUT2D eigenvalue weighted by Crippen LogP contribution is 2.26. The Balaban J connectivity index is 2.14. The van der Waals surface area contributed by atoms with Crippen LogP contribution in [0.1, 0.15) is 46.5 Å². The second-order valence-electron chi connectivity index (χ2n) is 4.04. The Morgan fingerprint density at radius 2 is 1.85 bits per heavy atom. The Morgan fingerprint density at radius 3 is 2.38 bits per heavy atom. The third-order valence-electron chi connectivity index (χ3n) is 2.75. The minimum absolute atomic E-state index is 0.0246. The fourth-order valence-corrected chi connectivity index (χ4v) is 1.91. The van der Waals surface area contributed by atoms with E-state index in [4.69, 9.17) is 9.47 Å². The molecule has 1 unspecified atom stereocenters. The average molecular weight is 186 g/mol. The van der Waals surface area contributed by atoms with Crippen molar-refractivity contribution in [2.75, 3.05) is 6.61 Å². The van der Waals surface area contributed by atoms with Crippen LogP contribution < -0.4 is 0 Å². The molecule has 1 aliphatic carbocycles. The quantitative estimate of drug-likeness (QED) is 0.628. The minimum Gasteiger partial charge on any atom is -0.353 e. The van der Waals surface area contributed by atoms with Crippen LogP contribution in [0, 0.1) is 5.92 Å². The summed E-state index contributed by atoms with van der Waals surface area (Å²) in [6.45, 7) is 7.05. The van der Waals surface area contributed by atoms with Crippen LogP contribution >= 0.6 is 0 Å². The van der Waals surface area contributed by atoms with Gasteiger partial charge in [-0.15, -0.1) is 0 Å². The number of ether oxygens (including phenoxy) is 2. The first-order valence-corrected chi connectivity index (χ1v) is 5.49. The maximum absolute atomic E-state index is 5.76. The van der Waals surface area contributed by atoms with Crippen LogP contribution in [0.5, 0.6) is 0 Å². The van der Waals surface area contributed by atoms with Crippen LogP contribution in [0.25, 0.3) is 0 Å².